The Morgan fingerprint density at radius 3 is 2.57 bits per heavy atom. The Balaban J connectivity index is 1.88. The van der Waals surface area contributed by atoms with Crippen LogP contribution in [0.25, 0.3) is 0 Å². The molecule has 28 heavy (non-hydrogen) atoms. The molecule has 0 spiro atoms. The molecule has 2 aliphatic rings. The Kier molecular flexibility index (Phi) is 5.34. The molecular formula is C25H27NO2. The number of nitrogens with zero attached hydrogens (tertiary/aromatic N) is 1. The lowest BCUT2D eigenvalue weighted by atomic mass is 9.72. The molecule has 3 atom stereocenters. The first-order chi connectivity index (χ1) is 13.7. The molecule has 0 bridgehead atoms. The summed E-state index contributed by atoms with van der Waals surface area (Å²) in [4.78, 5) is 15.4. The van der Waals surface area contributed by atoms with Crippen molar-refractivity contribution in [2.24, 2.45) is 11.8 Å². The third-order valence-electron chi connectivity index (χ3n) is 5.73. The smallest absolute Gasteiger partial charge is 0.312 e. The number of benzene rings is 2. The van der Waals surface area contributed by atoms with E-state index in [1.54, 1.807) is 0 Å². The van der Waals surface area contributed by atoms with Gasteiger partial charge in [0.2, 0.25) is 0 Å². The zero-order valence-corrected chi connectivity index (χ0v) is 16.5. The average molecular weight is 373 g/mol. The van der Waals surface area contributed by atoms with Crippen molar-refractivity contribution in [3.8, 4) is 0 Å². The Labute approximate surface area is 167 Å². The van der Waals surface area contributed by atoms with E-state index in [4.69, 9.17) is 4.74 Å². The van der Waals surface area contributed by atoms with Gasteiger partial charge in [0, 0.05) is 17.8 Å². The number of para-hydroxylation sites is 1. The minimum atomic E-state index is -0.264. The maximum absolute atomic E-state index is 13.2. The van der Waals surface area contributed by atoms with Crippen LogP contribution in [-0.2, 0) is 9.53 Å². The van der Waals surface area contributed by atoms with Gasteiger partial charge in [-0.3, -0.25) is 4.79 Å². The van der Waals surface area contributed by atoms with Gasteiger partial charge in [0.1, 0.15) is 0 Å². The van der Waals surface area contributed by atoms with Crippen LogP contribution in [-0.4, -0.2) is 12.6 Å². The first-order valence-electron chi connectivity index (χ1n) is 10.1. The van der Waals surface area contributed by atoms with Crippen molar-refractivity contribution in [2.45, 2.75) is 32.7 Å². The summed E-state index contributed by atoms with van der Waals surface area (Å²) in [6.07, 6.45) is 8.69. The molecule has 3 nitrogen and oxygen atoms in total. The monoisotopic (exact) mass is 373 g/mol. The van der Waals surface area contributed by atoms with E-state index in [2.05, 4.69) is 66.6 Å². The summed E-state index contributed by atoms with van der Waals surface area (Å²) < 4.78 is 5.56. The van der Waals surface area contributed by atoms with E-state index in [0.717, 1.165) is 24.1 Å². The first kappa shape index (κ1) is 18.5. The van der Waals surface area contributed by atoms with Crippen molar-refractivity contribution in [1.82, 2.24) is 0 Å². The van der Waals surface area contributed by atoms with Crippen LogP contribution in [0.4, 0.5) is 5.69 Å². The molecule has 0 unspecified atom stereocenters. The Morgan fingerprint density at radius 2 is 1.86 bits per heavy atom. The van der Waals surface area contributed by atoms with E-state index in [1.807, 2.05) is 25.1 Å². The van der Waals surface area contributed by atoms with Gasteiger partial charge >= 0.3 is 5.97 Å². The predicted octanol–water partition coefficient (Wildman–Crippen LogP) is 5.59. The van der Waals surface area contributed by atoms with Crippen LogP contribution in [0.15, 0.2) is 78.5 Å². The number of fused-ring (bicyclic) bond motifs is 1. The van der Waals surface area contributed by atoms with Crippen LogP contribution in [0.2, 0.25) is 0 Å². The molecule has 2 aromatic carbocycles. The number of esters is 1. The summed E-state index contributed by atoms with van der Waals surface area (Å²) in [5.74, 6) is -0.283. The fourth-order valence-corrected chi connectivity index (χ4v) is 4.39. The lowest BCUT2D eigenvalue weighted by molar-refractivity contribution is -0.150. The lowest BCUT2D eigenvalue weighted by Crippen LogP contribution is -2.43. The number of hydrogen-bond acceptors (Lipinski definition) is 3. The maximum Gasteiger partial charge on any atom is 0.312 e. The number of aryl methyl sites for hydroxylation is 1. The van der Waals surface area contributed by atoms with Crippen LogP contribution in [0.3, 0.4) is 0 Å². The number of rotatable bonds is 4. The summed E-state index contributed by atoms with van der Waals surface area (Å²) in [7, 11) is 0. The molecule has 1 aliphatic carbocycles. The van der Waals surface area contributed by atoms with Gasteiger partial charge in [-0.15, -0.1) is 0 Å². The standard InChI is InChI=1S/C25H27NO2/c1-3-28-25(27)23-22-12-8-7-9-20(22)17-26(21-10-5-4-6-11-21)24(23)19-15-13-18(2)14-16-19/h4-6,8,10-17,22-24H,3,7,9H2,1-2H3/t22-,23-,24-/m1/s1. The van der Waals surface area contributed by atoms with Crippen molar-refractivity contribution < 1.29 is 9.53 Å². The minimum absolute atomic E-state index is 0.0964. The van der Waals surface area contributed by atoms with Gasteiger partial charge in [-0.2, -0.15) is 0 Å². The highest BCUT2D eigenvalue weighted by Gasteiger charge is 2.44. The third-order valence-corrected chi connectivity index (χ3v) is 5.73. The van der Waals surface area contributed by atoms with Crippen molar-refractivity contribution in [1.29, 1.82) is 0 Å². The van der Waals surface area contributed by atoms with Gasteiger partial charge in [0.15, 0.2) is 0 Å². The highest BCUT2D eigenvalue weighted by Crippen LogP contribution is 2.47. The number of ether oxygens (including phenoxy) is 1. The zero-order valence-electron chi connectivity index (χ0n) is 16.5. The van der Waals surface area contributed by atoms with E-state index in [-0.39, 0.29) is 23.8 Å². The minimum Gasteiger partial charge on any atom is -0.466 e. The SMILES string of the molecule is CCOC(=O)[C@@H]1[C@@H]2C=CCCC2=CN(c2ccccc2)[C@@H]1c1ccc(C)cc1. The highest BCUT2D eigenvalue weighted by molar-refractivity contribution is 5.77. The van der Waals surface area contributed by atoms with Gasteiger partial charge in [-0.25, -0.2) is 0 Å². The van der Waals surface area contributed by atoms with E-state index in [0.29, 0.717) is 6.61 Å². The summed E-state index contributed by atoms with van der Waals surface area (Å²) in [5.41, 5.74) is 4.77. The van der Waals surface area contributed by atoms with Gasteiger partial charge in [0.25, 0.3) is 0 Å². The molecule has 0 N–H and O–H groups in total. The normalized spacial score (nSPS) is 23.7. The third kappa shape index (κ3) is 3.49. The molecule has 0 aromatic heterocycles. The quantitative estimate of drug-likeness (QED) is 0.517. The van der Waals surface area contributed by atoms with Crippen molar-refractivity contribution in [3.63, 3.8) is 0 Å². The number of carbonyl (C=O) groups is 1. The van der Waals surface area contributed by atoms with Crippen molar-refractivity contribution >= 4 is 11.7 Å². The fourth-order valence-electron chi connectivity index (χ4n) is 4.39. The number of allylic oxidation sites excluding steroid dienone is 3. The lowest BCUT2D eigenvalue weighted by Gasteiger charge is -2.44. The maximum atomic E-state index is 13.2. The summed E-state index contributed by atoms with van der Waals surface area (Å²) in [5, 5.41) is 0. The van der Waals surface area contributed by atoms with Gasteiger partial charge in [0.05, 0.1) is 18.6 Å². The van der Waals surface area contributed by atoms with E-state index >= 15 is 0 Å². The predicted molar refractivity (Wildman–Crippen MR) is 113 cm³/mol. The molecular weight excluding hydrogens is 346 g/mol. The largest absolute Gasteiger partial charge is 0.466 e. The summed E-state index contributed by atoms with van der Waals surface area (Å²) in [6.45, 7) is 4.37. The zero-order chi connectivity index (χ0) is 19.5. The summed E-state index contributed by atoms with van der Waals surface area (Å²) in [6, 6.07) is 18.8. The average Bonchev–Trinajstić information content (AvgIpc) is 2.74. The van der Waals surface area contributed by atoms with Crippen LogP contribution >= 0.6 is 0 Å². The molecule has 0 saturated carbocycles. The Morgan fingerprint density at radius 1 is 1.11 bits per heavy atom. The molecule has 4 rings (SSSR count). The second kappa shape index (κ2) is 8.05. The molecule has 0 fully saturated rings. The van der Waals surface area contributed by atoms with E-state index in [9.17, 15) is 4.79 Å². The molecule has 0 radical (unpaired) electrons. The van der Waals surface area contributed by atoms with Crippen molar-refractivity contribution in [3.05, 3.63) is 89.6 Å². The topological polar surface area (TPSA) is 29.5 Å². The Bertz CT molecular complexity index is 883. The molecule has 3 heteroatoms. The van der Waals surface area contributed by atoms with Crippen LogP contribution in [0, 0.1) is 18.8 Å². The second-order valence-electron chi connectivity index (χ2n) is 7.57. The summed E-state index contributed by atoms with van der Waals surface area (Å²) >= 11 is 0. The van der Waals surface area contributed by atoms with E-state index < -0.39 is 0 Å². The van der Waals surface area contributed by atoms with Gasteiger partial charge < -0.3 is 9.64 Å². The first-order valence-corrected chi connectivity index (χ1v) is 10.1. The van der Waals surface area contributed by atoms with Crippen LogP contribution < -0.4 is 4.90 Å². The molecule has 144 valence electrons. The molecule has 0 saturated heterocycles. The van der Waals surface area contributed by atoms with E-state index in [1.165, 1.54) is 11.1 Å². The molecule has 0 amide bonds. The number of hydrogen-bond donors (Lipinski definition) is 0. The number of carbonyl (C=O) groups excluding carboxylic acids is 1. The molecule has 1 heterocycles. The fraction of sp³-hybridized carbons (Fsp3) is 0.320. The van der Waals surface area contributed by atoms with Crippen LogP contribution in [0.1, 0.15) is 36.9 Å². The van der Waals surface area contributed by atoms with Crippen molar-refractivity contribution in [2.75, 3.05) is 11.5 Å². The number of anilines is 1. The Hall–Kier alpha value is -2.81. The molecule has 2 aromatic rings. The molecule has 1 aliphatic heterocycles. The van der Waals surface area contributed by atoms with Crippen LogP contribution in [0.5, 0.6) is 0 Å². The highest BCUT2D eigenvalue weighted by atomic mass is 16.5. The second-order valence-corrected chi connectivity index (χ2v) is 7.57. The van der Waals surface area contributed by atoms with Gasteiger partial charge in [-0.1, -0.05) is 60.2 Å². The van der Waals surface area contributed by atoms with Gasteiger partial charge in [-0.05, 0) is 50.0 Å².